The smallest absolute Gasteiger partial charge is 0.244 e. The van der Waals surface area contributed by atoms with Crippen molar-refractivity contribution < 1.29 is 18.0 Å². The van der Waals surface area contributed by atoms with Crippen LogP contribution in [0.15, 0.2) is 84.9 Å². The molecule has 0 unspecified atom stereocenters. The number of aryl methyl sites for hydroxylation is 1. The van der Waals surface area contributed by atoms with E-state index in [4.69, 9.17) is 0 Å². The third-order valence-electron chi connectivity index (χ3n) is 7.73. The van der Waals surface area contributed by atoms with Gasteiger partial charge in [-0.15, -0.1) is 0 Å². The monoisotopic (exact) mass is 575 g/mol. The molecule has 1 aliphatic carbocycles. The van der Waals surface area contributed by atoms with Gasteiger partial charge in [-0.3, -0.25) is 13.9 Å². The van der Waals surface area contributed by atoms with Crippen LogP contribution in [0, 0.1) is 0 Å². The van der Waals surface area contributed by atoms with Gasteiger partial charge < -0.3 is 10.2 Å². The number of amides is 2. The number of nitrogens with one attached hydrogen (secondary N) is 1. The lowest BCUT2D eigenvalue weighted by atomic mass is 9.94. The maximum absolute atomic E-state index is 14.2. The molecule has 3 aromatic rings. The second-order valence-corrected chi connectivity index (χ2v) is 12.8. The maximum atomic E-state index is 14.2. The van der Waals surface area contributed by atoms with Gasteiger partial charge in [0, 0.05) is 19.0 Å². The highest BCUT2D eigenvalue weighted by atomic mass is 32.2. The summed E-state index contributed by atoms with van der Waals surface area (Å²) < 4.78 is 27.0. The molecule has 218 valence electrons. The van der Waals surface area contributed by atoms with Crippen LogP contribution in [0.25, 0.3) is 0 Å². The first-order valence-electron chi connectivity index (χ1n) is 14.5. The summed E-state index contributed by atoms with van der Waals surface area (Å²) in [5.74, 6) is -0.637. The Kier molecular flexibility index (Phi) is 10.6. The minimum absolute atomic E-state index is 0.0767. The van der Waals surface area contributed by atoms with Crippen LogP contribution in [0.3, 0.4) is 0 Å². The van der Waals surface area contributed by atoms with Crippen molar-refractivity contribution >= 4 is 27.5 Å². The summed E-state index contributed by atoms with van der Waals surface area (Å²) in [5, 5.41) is 3.22. The normalized spacial score (nSPS) is 14.7. The van der Waals surface area contributed by atoms with Gasteiger partial charge in [-0.2, -0.15) is 0 Å². The number of rotatable bonds is 12. The molecule has 1 aliphatic rings. The Bertz CT molecular complexity index is 1370. The second kappa shape index (κ2) is 14.3. The van der Waals surface area contributed by atoms with Crippen molar-refractivity contribution in [1.29, 1.82) is 0 Å². The van der Waals surface area contributed by atoms with E-state index < -0.39 is 28.5 Å². The summed E-state index contributed by atoms with van der Waals surface area (Å²) in [6.45, 7) is 1.81. The van der Waals surface area contributed by atoms with Crippen molar-refractivity contribution in [2.75, 3.05) is 17.1 Å². The van der Waals surface area contributed by atoms with Gasteiger partial charge in [0.1, 0.15) is 12.6 Å². The number of carbonyl (C=O) groups excluding carboxylic acids is 2. The molecule has 8 heteroatoms. The molecule has 0 heterocycles. The molecule has 0 radical (unpaired) electrons. The molecule has 4 rings (SSSR count). The predicted octanol–water partition coefficient (Wildman–Crippen LogP) is 5.10. The maximum Gasteiger partial charge on any atom is 0.244 e. The zero-order valence-corrected chi connectivity index (χ0v) is 24.9. The van der Waals surface area contributed by atoms with Gasteiger partial charge in [0.05, 0.1) is 11.9 Å². The number of benzene rings is 3. The first kappa shape index (κ1) is 30.3. The molecule has 0 aromatic heterocycles. The molecule has 2 amide bonds. The van der Waals surface area contributed by atoms with E-state index in [9.17, 15) is 18.0 Å². The molecule has 0 aliphatic heterocycles. The van der Waals surface area contributed by atoms with Crippen molar-refractivity contribution in [2.24, 2.45) is 0 Å². The van der Waals surface area contributed by atoms with E-state index >= 15 is 0 Å². The number of carbonyl (C=O) groups is 2. The fourth-order valence-electron chi connectivity index (χ4n) is 5.39. The van der Waals surface area contributed by atoms with Crippen LogP contribution in [0.1, 0.15) is 55.7 Å². The van der Waals surface area contributed by atoms with E-state index in [-0.39, 0.29) is 18.5 Å². The standard InChI is InChI=1S/C33H41N3O4S/c1-3-26-19-21-30(22-20-26)36(41(2,39)40)25-32(37)35(24-28-15-9-5-10-16-28)31(23-27-13-7-4-8-14-27)33(38)34-29-17-11-6-12-18-29/h4-5,7-10,13-16,19-22,29,31H,3,6,11-12,17-18,23-25H2,1-2H3,(H,34,38)/t31-/m0/s1. The highest BCUT2D eigenvalue weighted by molar-refractivity contribution is 7.92. The van der Waals surface area contributed by atoms with Crippen molar-refractivity contribution in [1.82, 2.24) is 10.2 Å². The van der Waals surface area contributed by atoms with Crippen LogP contribution in [0.5, 0.6) is 0 Å². The minimum Gasteiger partial charge on any atom is -0.352 e. The zero-order valence-electron chi connectivity index (χ0n) is 24.0. The Balaban J connectivity index is 1.69. The third kappa shape index (κ3) is 8.67. The molecule has 1 N–H and O–H groups in total. The van der Waals surface area contributed by atoms with Crippen molar-refractivity contribution in [3.8, 4) is 0 Å². The summed E-state index contributed by atoms with van der Waals surface area (Å²) >= 11 is 0. The van der Waals surface area contributed by atoms with Gasteiger partial charge in [-0.1, -0.05) is 99.0 Å². The molecule has 7 nitrogen and oxygen atoms in total. The van der Waals surface area contributed by atoms with E-state index in [1.807, 2.05) is 79.7 Å². The predicted molar refractivity (Wildman–Crippen MR) is 164 cm³/mol. The Labute approximate surface area is 244 Å². The highest BCUT2D eigenvalue weighted by Gasteiger charge is 2.34. The first-order valence-corrected chi connectivity index (χ1v) is 16.3. The largest absolute Gasteiger partial charge is 0.352 e. The van der Waals surface area contributed by atoms with Crippen molar-refractivity contribution in [3.05, 3.63) is 102 Å². The quantitative estimate of drug-likeness (QED) is 0.325. The highest BCUT2D eigenvalue weighted by Crippen LogP contribution is 2.22. The van der Waals surface area contributed by atoms with Crippen LogP contribution < -0.4 is 9.62 Å². The van der Waals surface area contributed by atoms with E-state index in [0.29, 0.717) is 12.1 Å². The SMILES string of the molecule is CCc1ccc(N(CC(=O)N(Cc2ccccc2)[C@@H](Cc2ccccc2)C(=O)NC2CCCCC2)S(C)(=O)=O)cc1. The van der Waals surface area contributed by atoms with Crippen molar-refractivity contribution in [3.63, 3.8) is 0 Å². The summed E-state index contributed by atoms with van der Waals surface area (Å²) in [6, 6.07) is 25.6. The lowest BCUT2D eigenvalue weighted by Gasteiger charge is -2.35. The third-order valence-corrected chi connectivity index (χ3v) is 8.87. The van der Waals surface area contributed by atoms with Crippen LogP contribution in [0.2, 0.25) is 0 Å². The van der Waals surface area contributed by atoms with Gasteiger partial charge >= 0.3 is 0 Å². The molecule has 3 aromatic carbocycles. The molecule has 1 atom stereocenters. The summed E-state index contributed by atoms with van der Waals surface area (Å²) in [5.41, 5.74) is 3.28. The van der Waals surface area contributed by atoms with Crippen molar-refractivity contribution in [2.45, 2.75) is 70.5 Å². The van der Waals surface area contributed by atoms with Crippen LogP contribution in [-0.4, -0.2) is 50.0 Å². The van der Waals surface area contributed by atoms with Crippen LogP contribution >= 0.6 is 0 Å². The minimum atomic E-state index is -3.78. The first-order chi connectivity index (χ1) is 19.7. The second-order valence-electron chi connectivity index (χ2n) is 10.8. The molecule has 1 saturated carbocycles. The molecule has 41 heavy (non-hydrogen) atoms. The summed E-state index contributed by atoms with van der Waals surface area (Å²) in [4.78, 5) is 29.7. The van der Waals surface area contributed by atoms with Gasteiger partial charge in [-0.25, -0.2) is 8.42 Å². The number of sulfonamides is 1. The molecular weight excluding hydrogens is 534 g/mol. The topological polar surface area (TPSA) is 86.8 Å². The number of anilines is 1. The van der Waals surface area contributed by atoms with Crippen LogP contribution in [0.4, 0.5) is 5.69 Å². The van der Waals surface area contributed by atoms with Gasteiger partial charge in [0.2, 0.25) is 21.8 Å². The van der Waals surface area contributed by atoms with Gasteiger partial charge in [-0.05, 0) is 48.1 Å². The van der Waals surface area contributed by atoms with Gasteiger partial charge in [0.25, 0.3) is 0 Å². The molecule has 0 spiro atoms. The molecule has 1 fully saturated rings. The summed E-state index contributed by atoms with van der Waals surface area (Å²) in [6.07, 6.45) is 7.40. The lowest BCUT2D eigenvalue weighted by Crippen LogP contribution is -2.55. The molecule has 0 bridgehead atoms. The van der Waals surface area contributed by atoms with E-state index in [2.05, 4.69) is 5.32 Å². The Morgan fingerprint density at radius 1 is 0.829 bits per heavy atom. The summed E-state index contributed by atoms with van der Waals surface area (Å²) in [7, 11) is -3.78. The number of hydrogen-bond acceptors (Lipinski definition) is 4. The van der Waals surface area contributed by atoms with E-state index in [1.54, 1.807) is 17.0 Å². The zero-order chi connectivity index (χ0) is 29.2. The van der Waals surface area contributed by atoms with Gasteiger partial charge in [0.15, 0.2) is 0 Å². The fourth-order valence-corrected chi connectivity index (χ4v) is 6.24. The number of nitrogens with zero attached hydrogens (tertiary/aromatic N) is 2. The van der Waals surface area contributed by atoms with Crippen LogP contribution in [-0.2, 0) is 39.0 Å². The lowest BCUT2D eigenvalue weighted by molar-refractivity contribution is -0.140. The van der Waals surface area contributed by atoms with E-state index in [1.165, 1.54) is 6.42 Å². The Hall–Kier alpha value is -3.65. The molecular formula is C33H41N3O4S. The fraction of sp³-hybridized carbons (Fsp3) is 0.394. The molecule has 0 saturated heterocycles. The Morgan fingerprint density at radius 3 is 1.98 bits per heavy atom. The number of hydrogen-bond donors (Lipinski definition) is 1. The van der Waals surface area contributed by atoms with E-state index in [0.717, 1.165) is 59.4 Å². The average molecular weight is 576 g/mol. The Morgan fingerprint density at radius 2 is 1.41 bits per heavy atom. The average Bonchev–Trinajstić information content (AvgIpc) is 2.98.